The summed E-state index contributed by atoms with van der Waals surface area (Å²) in [4.78, 5) is 0. The Morgan fingerprint density at radius 2 is 0.657 bits per heavy atom. The number of halogens is 2. The molecule has 2 aliphatic rings. The van der Waals surface area contributed by atoms with Crippen LogP contribution in [0.3, 0.4) is 0 Å². The van der Waals surface area contributed by atoms with Gasteiger partial charge in [0.15, 0.2) is 0 Å². The Kier molecular flexibility index (Phi) is 18.2. The van der Waals surface area contributed by atoms with Gasteiger partial charge >= 0.3 is 34.5 Å². The van der Waals surface area contributed by atoms with Gasteiger partial charge in [0.25, 0.3) is 0 Å². The summed E-state index contributed by atoms with van der Waals surface area (Å²) in [5.41, 5.74) is 22.5. The second kappa shape index (κ2) is 24.8. The number of aryl methyl sites for hydroxylation is 2. The summed E-state index contributed by atoms with van der Waals surface area (Å²) in [7, 11) is 6.91. The molecule has 0 spiro atoms. The zero-order chi connectivity index (χ0) is 46.4. The minimum atomic E-state index is -1.40. The summed E-state index contributed by atoms with van der Waals surface area (Å²) in [6.07, 6.45) is 8.37. The Labute approximate surface area is 416 Å². The first-order valence-corrected chi connectivity index (χ1v) is 30.9. The maximum atomic E-state index is 13.4. The van der Waals surface area contributed by atoms with Gasteiger partial charge in [-0.25, -0.2) is 0 Å². The van der Waals surface area contributed by atoms with Crippen LogP contribution >= 0.6 is 35.2 Å². The molecule has 67 heavy (non-hydrogen) atoms. The van der Waals surface area contributed by atoms with Crippen molar-refractivity contribution < 1.29 is 20.3 Å². The van der Waals surface area contributed by atoms with Crippen molar-refractivity contribution in [3.8, 4) is 0 Å². The molecule has 10 rings (SSSR count). The Morgan fingerprint density at radius 1 is 0.388 bits per heavy atom. The molecule has 0 bridgehead atoms. The van der Waals surface area contributed by atoms with E-state index in [1.165, 1.54) is 90.9 Å². The van der Waals surface area contributed by atoms with E-state index in [1.807, 2.05) is 60.7 Å². The van der Waals surface area contributed by atoms with Crippen LogP contribution in [0.25, 0.3) is 0 Å². The van der Waals surface area contributed by atoms with Crippen molar-refractivity contribution in [2.75, 3.05) is 0 Å². The van der Waals surface area contributed by atoms with Gasteiger partial charge in [0, 0.05) is 23.2 Å². The van der Waals surface area contributed by atoms with E-state index < -0.39 is 21.9 Å². The first-order valence-electron chi connectivity index (χ1n) is 23.4. The Morgan fingerprint density at radius 3 is 0.955 bits per heavy atom. The third-order valence-corrected chi connectivity index (χ3v) is 18.8. The van der Waals surface area contributed by atoms with Crippen LogP contribution in [-0.4, -0.2) is 5.11 Å². The third-order valence-electron chi connectivity index (χ3n) is 13.2. The monoisotopic (exact) mass is 1050 g/mol. The number of fused-ring (bicyclic) bond motifs is 2. The molecule has 0 fully saturated rings. The quantitative estimate of drug-likeness (QED) is 0.0893. The van der Waals surface area contributed by atoms with Crippen LogP contribution in [0.1, 0.15) is 88.4 Å². The van der Waals surface area contributed by atoms with Gasteiger partial charge in [-0.05, 0) is 145 Å². The summed E-state index contributed by atoms with van der Waals surface area (Å²) in [6.45, 7) is 0. The number of rotatable bonds is 11. The third kappa shape index (κ3) is 11.9. The van der Waals surface area contributed by atoms with Crippen LogP contribution in [0.2, 0.25) is 0 Å². The summed E-state index contributed by atoms with van der Waals surface area (Å²) in [5.74, 6) is 0. The summed E-state index contributed by atoms with van der Waals surface area (Å²) in [6, 6.07) is 73.5. The standard InChI is InChI=1S/C45H42OP2.C14H16N2.2ClH.Ru/c46-45(43-39-27-15-13-17-33(39)29-31-41(43)47(35-19-5-1-6-20-35)36-21-7-2-8-22-36)44-40-28-16-14-18-34(40)30-32-42(44)48(37-23-9-3-10-24-37)38-25-11-4-12-26-38;15-13(11-7-3-1-4-8-11)14(16)12-9-5-2-6-10-12;;;/h1-12,19-26,29-32,45-46H,13-18,27-28H2;1-10,13-14H,15-16H2;2*1H;/q;;;;+4. The number of benzene rings is 8. The van der Waals surface area contributed by atoms with Gasteiger partial charge in [0.2, 0.25) is 0 Å². The van der Waals surface area contributed by atoms with Gasteiger partial charge in [0.05, 0.1) is 15.8 Å². The molecule has 3 nitrogen and oxygen atoms in total. The molecule has 2 unspecified atom stereocenters. The van der Waals surface area contributed by atoms with Crippen LogP contribution in [-0.2, 0) is 40.8 Å². The Hall–Kier alpha value is -4.30. The molecular weight excluding hydrogens is 987 g/mol. The van der Waals surface area contributed by atoms with Crippen molar-refractivity contribution in [2.45, 2.75) is 69.6 Å². The van der Waals surface area contributed by atoms with E-state index >= 15 is 0 Å². The second-order valence-corrected chi connectivity index (χ2v) is 24.8. The minimum absolute atomic E-state index is 0.163. The van der Waals surface area contributed by atoms with Crippen molar-refractivity contribution in [1.29, 1.82) is 0 Å². The predicted octanol–water partition coefficient (Wildman–Crippen LogP) is 11.3. The van der Waals surface area contributed by atoms with E-state index in [-0.39, 0.29) is 27.2 Å². The Balaban J connectivity index is 0.000000268. The molecule has 0 aliphatic heterocycles. The van der Waals surface area contributed by atoms with E-state index in [0.717, 1.165) is 36.8 Å². The number of hydrogen-bond acceptors (Lipinski definition) is 3. The number of aliphatic hydroxyl groups excluding tert-OH is 1. The van der Waals surface area contributed by atoms with E-state index in [9.17, 15) is 5.11 Å². The fraction of sp³-hybridized carbons (Fsp3) is 0.186. The zero-order valence-corrected chi connectivity index (χ0v) is 43.0. The van der Waals surface area contributed by atoms with Gasteiger partial charge in [-0.3, -0.25) is 0 Å². The average Bonchev–Trinajstić information content (AvgIpc) is 3.40. The molecule has 340 valence electrons. The molecule has 0 radical (unpaired) electrons. The average molecular weight is 1050 g/mol. The first-order chi connectivity index (χ1) is 33.0. The molecular formula is C59H60Cl2N2OP2Ru+4. The molecule has 8 aromatic rings. The van der Waals surface area contributed by atoms with Crippen molar-refractivity contribution in [3.63, 3.8) is 0 Å². The molecule has 2 aliphatic carbocycles. The normalized spacial score (nSPS) is 13.9. The topological polar surface area (TPSA) is 72.3 Å². The summed E-state index contributed by atoms with van der Waals surface area (Å²) >= 11 is -0.346. The van der Waals surface area contributed by atoms with E-state index in [4.69, 9.17) is 30.8 Å². The van der Waals surface area contributed by atoms with Crippen molar-refractivity contribution in [3.05, 3.63) is 251 Å². The van der Waals surface area contributed by atoms with Crippen LogP contribution < -0.4 is 43.3 Å². The van der Waals surface area contributed by atoms with Crippen LogP contribution in [0.15, 0.2) is 206 Å². The van der Waals surface area contributed by atoms with Gasteiger partial charge in [-0.2, -0.15) is 0 Å². The van der Waals surface area contributed by atoms with Crippen molar-refractivity contribution in [2.24, 2.45) is 11.5 Å². The molecule has 8 aromatic carbocycles. The predicted molar refractivity (Wildman–Crippen MR) is 289 cm³/mol. The zero-order valence-electron chi connectivity index (χ0n) is 37.7. The molecule has 0 heterocycles. The molecule has 8 heteroatoms. The number of hydrogen-bond donors (Lipinski definition) is 3. The molecule has 5 N–H and O–H groups in total. The SMILES string of the molecule is NC(c1ccccc1)C(N)c1ccccc1.OC(c1c([PH+](c2ccccc2)c2ccccc2)ccc2c1CCCC2)c1c([PH+](c2ccccc2)c2ccccc2)ccc2c1CCCC2.[Cl][Ru+2][Cl]. The molecule has 2 atom stereocenters. The molecule has 0 amide bonds. The number of aliphatic hydroxyl groups is 1. The Bertz CT molecular complexity index is 2490. The van der Waals surface area contributed by atoms with Gasteiger partial charge in [-0.15, -0.1) is 0 Å². The van der Waals surface area contributed by atoms with Crippen LogP contribution in [0, 0.1) is 0 Å². The van der Waals surface area contributed by atoms with E-state index in [1.54, 1.807) is 0 Å². The van der Waals surface area contributed by atoms with Crippen LogP contribution in [0.4, 0.5) is 0 Å². The second-order valence-electron chi connectivity index (χ2n) is 17.3. The van der Waals surface area contributed by atoms with Gasteiger partial charge in [0.1, 0.15) is 37.9 Å². The van der Waals surface area contributed by atoms with E-state index in [2.05, 4.69) is 146 Å². The van der Waals surface area contributed by atoms with E-state index in [0.29, 0.717) is 0 Å². The summed E-state index contributed by atoms with van der Waals surface area (Å²) in [5, 5.41) is 21.5. The van der Waals surface area contributed by atoms with Crippen LogP contribution in [0.5, 0.6) is 0 Å². The summed E-state index contributed by atoms with van der Waals surface area (Å²) < 4.78 is 0. The number of nitrogens with two attached hydrogens (primary N) is 2. The van der Waals surface area contributed by atoms with Crippen molar-refractivity contribution >= 4 is 67.1 Å². The first kappa shape index (κ1) is 49.1. The maximum absolute atomic E-state index is 13.4. The van der Waals surface area contributed by atoms with Crippen molar-refractivity contribution in [1.82, 2.24) is 0 Å². The molecule has 0 aromatic heterocycles. The molecule has 0 saturated carbocycles. The fourth-order valence-electron chi connectivity index (χ4n) is 10.1. The van der Waals surface area contributed by atoms with Gasteiger partial charge in [-0.1, -0.05) is 146 Å². The molecule has 0 saturated heterocycles. The van der Waals surface area contributed by atoms with Gasteiger partial charge < -0.3 is 16.6 Å². The fourth-order valence-corrected chi connectivity index (χ4v) is 15.7.